The first kappa shape index (κ1) is 20.6. The fourth-order valence-corrected chi connectivity index (χ4v) is 5.28. The number of sulfonamides is 1. The summed E-state index contributed by atoms with van der Waals surface area (Å²) in [5.74, 6) is 0.580. The summed E-state index contributed by atoms with van der Waals surface area (Å²) in [6, 6.07) is 5.41. The van der Waals surface area contributed by atoms with Crippen LogP contribution >= 0.6 is 23.4 Å². The Balaban J connectivity index is 2.01. The molecule has 0 radical (unpaired) electrons. The zero-order valence-electron chi connectivity index (χ0n) is 14.8. The van der Waals surface area contributed by atoms with Gasteiger partial charge in [0.05, 0.1) is 4.90 Å². The highest BCUT2D eigenvalue weighted by Crippen LogP contribution is 2.27. The molecule has 2 rings (SSSR count). The van der Waals surface area contributed by atoms with E-state index in [1.54, 1.807) is 23.9 Å². The van der Waals surface area contributed by atoms with Crippen molar-refractivity contribution in [1.82, 2.24) is 9.62 Å². The van der Waals surface area contributed by atoms with E-state index in [0.717, 1.165) is 5.75 Å². The molecule has 1 aromatic carbocycles. The monoisotopic (exact) mass is 404 g/mol. The minimum Gasteiger partial charge on any atom is -0.354 e. The number of amides is 1. The van der Waals surface area contributed by atoms with Gasteiger partial charge in [0, 0.05) is 28.6 Å². The molecule has 25 heavy (non-hydrogen) atoms. The molecule has 140 valence electrons. The highest BCUT2D eigenvalue weighted by Gasteiger charge is 2.39. The van der Waals surface area contributed by atoms with Crippen molar-refractivity contribution in [2.75, 3.05) is 18.8 Å². The standard InChI is InChI=1S/C17H25ClN2O3S2/c1-17(2,3)24-12-10-19-16(21)15-5-4-11-20(15)25(22,23)14-8-6-13(18)7-9-14/h6-9,15H,4-5,10-12H2,1-3H3,(H,19,21)/t15-/m1/s1. The fourth-order valence-electron chi connectivity index (χ4n) is 2.68. The summed E-state index contributed by atoms with van der Waals surface area (Å²) in [4.78, 5) is 12.6. The Bertz CT molecular complexity index is 700. The number of benzene rings is 1. The van der Waals surface area contributed by atoms with E-state index in [1.165, 1.54) is 16.4 Å². The predicted molar refractivity (Wildman–Crippen MR) is 104 cm³/mol. The van der Waals surface area contributed by atoms with Gasteiger partial charge in [-0.3, -0.25) is 4.79 Å². The second-order valence-electron chi connectivity index (χ2n) is 6.98. The van der Waals surface area contributed by atoms with E-state index in [4.69, 9.17) is 11.6 Å². The molecule has 1 fully saturated rings. The Kier molecular flexibility index (Phi) is 6.81. The van der Waals surface area contributed by atoms with Crippen molar-refractivity contribution in [3.63, 3.8) is 0 Å². The maximum Gasteiger partial charge on any atom is 0.243 e. The van der Waals surface area contributed by atoms with Crippen LogP contribution in [0.1, 0.15) is 33.6 Å². The molecule has 1 aromatic rings. The van der Waals surface area contributed by atoms with E-state index in [0.29, 0.717) is 31.0 Å². The molecule has 1 saturated heterocycles. The molecule has 0 spiro atoms. The van der Waals surface area contributed by atoms with Crippen molar-refractivity contribution in [2.24, 2.45) is 0 Å². The van der Waals surface area contributed by atoms with E-state index < -0.39 is 16.1 Å². The third kappa shape index (κ3) is 5.61. The molecule has 1 amide bonds. The molecule has 0 bridgehead atoms. The summed E-state index contributed by atoms with van der Waals surface area (Å²) in [6.45, 7) is 7.26. The second-order valence-corrected chi connectivity index (χ2v) is 11.2. The number of hydrogen-bond donors (Lipinski definition) is 1. The fraction of sp³-hybridized carbons (Fsp3) is 0.588. The highest BCUT2D eigenvalue weighted by atomic mass is 35.5. The number of nitrogens with one attached hydrogen (secondary N) is 1. The number of rotatable bonds is 6. The van der Waals surface area contributed by atoms with Gasteiger partial charge in [0.1, 0.15) is 6.04 Å². The first-order valence-corrected chi connectivity index (χ1v) is 11.1. The Labute approximate surface area is 159 Å². The maximum atomic E-state index is 12.8. The van der Waals surface area contributed by atoms with E-state index in [2.05, 4.69) is 26.1 Å². The lowest BCUT2D eigenvalue weighted by Crippen LogP contribution is -2.46. The first-order valence-electron chi connectivity index (χ1n) is 8.30. The summed E-state index contributed by atoms with van der Waals surface area (Å²) < 4.78 is 27.1. The van der Waals surface area contributed by atoms with Crippen molar-refractivity contribution in [2.45, 2.75) is 49.3 Å². The van der Waals surface area contributed by atoms with E-state index in [9.17, 15) is 13.2 Å². The summed E-state index contributed by atoms with van der Waals surface area (Å²) in [7, 11) is -3.69. The molecule has 8 heteroatoms. The van der Waals surface area contributed by atoms with Crippen molar-refractivity contribution in [3.05, 3.63) is 29.3 Å². The predicted octanol–water partition coefficient (Wildman–Crippen LogP) is 3.14. The van der Waals surface area contributed by atoms with E-state index in [-0.39, 0.29) is 15.5 Å². The molecular formula is C17H25ClN2O3S2. The normalized spacial score (nSPS) is 19.1. The molecule has 0 aliphatic carbocycles. The highest BCUT2D eigenvalue weighted by molar-refractivity contribution is 8.00. The van der Waals surface area contributed by atoms with Crippen LogP contribution in [-0.4, -0.2) is 48.3 Å². The van der Waals surface area contributed by atoms with Crippen molar-refractivity contribution in [3.8, 4) is 0 Å². The van der Waals surface area contributed by atoms with Crippen molar-refractivity contribution in [1.29, 1.82) is 0 Å². The lowest BCUT2D eigenvalue weighted by atomic mass is 10.2. The Morgan fingerprint density at radius 1 is 1.32 bits per heavy atom. The largest absolute Gasteiger partial charge is 0.354 e. The number of carbonyl (C=O) groups excluding carboxylic acids is 1. The maximum absolute atomic E-state index is 12.8. The van der Waals surface area contributed by atoms with Gasteiger partial charge in [0.2, 0.25) is 15.9 Å². The Hall–Kier alpha value is -0.760. The van der Waals surface area contributed by atoms with Crippen LogP contribution in [0.5, 0.6) is 0 Å². The molecule has 1 heterocycles. The van der Waals surface area contributed by atoms with Gasteiger partial charge in [-0.15, -0.1) is 0 Å². The molecule has 0 saturated carbocycles. The number of carbonyl (C=O) groups is 1. The summed E-state index contributed by atoms with van der Waals surface area (Å²) in [5, 5.41) is 3.35. The van der Waals surface area contributed by atoms with Crippen LogP contribution in [0.2, 0.25) is 5.02 Å². The van der Waals surface area contributed by atoms with Gasteiger partial charge in [-0.1, -0.05) is 32.4 Å². The first-order chi connectivity index (χ1) is 11.6. The number of nitrogens with zero attached hydrogens (tertiary/aromatic N) is 1. The molecule has 0 aromatic heterocycles. The van der Waals surface area contributed by atoms with E-state index >= 15 is 0 Å². The van der Waals surface area contributed by atoms with Gasteiger partial charge >= 0.3 is 0 Å². The van der Waals surface area contributed by atoms with Crippen LogP contribution < -0.4 is 5.32 Å². The minimum absolute atomic E-state index is 0.141. The summed E-state index contributed by atoms with van der Waals surface area (Å²) in [5.41, 5.74) is 0. The van der Waals surface area contributed by atoms with Gasteiger partial charge in [-0.25, -0.2) is 8.42 Å². The smallest absolute Gasteiger partial charge is 0.243 e. The lowest BCUT2D eigenvalue weighted by molar-refractivity contribution is -0.124. The van der Waals surface area contributed by atoms with Crippen molar-refractivity contribution >= 4 is 39.3 Å². The van der Waals surface area contributed by atoms with Gasteiger partial charge in [-0.05, 0) is 37.1 Å². The second kappa shape index (κ2) is 8.29. The summed E-state index contributed by atoms with van der Waals surface area (Å²) in [6.07, 6.45) is 1.23. The van der Waals surface area contributed by atoms with Gasteiger partial charge in [-0.2, -0.15) is 16.1 Å². The zero-order valence-corrected chi connectivity index (χ0v) is 17.2. The number of hydrogen-bond acceptors (Lipinski definition) is 4. The van der Waals surface area contributed by atoms with Gasteiger partial charge in [0.25, 0.3) is 0 Å². The quantitative estimate of drug-likeness (QED) is 0.739. The van der Waals surface area contributed by atoms with Crippen LogP contribution in [0.4, 0.5) is 0 Å². The zero-order chi connectivity index (χ0) is 18.7. The molecule has 5 nitrogen and oxygen atoms in total. The molecular weight excluding hydrogens is 380 g/mol. The van der Waals surface area contributed by atoms with Crippen LogP contribution in [0, 0.1) is 0 Å². The average Bonchev–Trinajstić information content (AvgIpc) is 3.01. The van der Waals surface area contributed by atoms with Gasteiger partial charge < -0.3 is 5.32 Å². The number of halogens is 1. The third-order valence-corrected chi connectivity index (χ3v) is 7.31. The van der Waals surface area contributed by atoms with Crippen LogP contribution in [-0.2, 0) is 14.8 Å². The topological polar surface area (TPSA) is 66.5 Å². The van der Waals surface area contributed by atoms with Crippen LogP contribution in [0.15, 0.2) is 29.2 Å². The van der Waals surface area contributed by atoms with Crippen LogP contribution in [0.25, 0.3) is 0 Å². The third-order valence-electron chi connectivity index (χ3n) is 3.86. The molecule has 1 N–H and O–H groups in total. The molecule has 1 atom stereocenters. The average molecular weight is 405 g/mol. The lowest BCUT2D eigenvalue weighted by Gasteiger charge is -2.24. The van der Waals surface area contributed by atoms with Gasteiger partial charge in [0.15, 0.2) is 0 Å². The molecule has 0 unspecified atom stereocenters. The van der Waals surface area contributed by atoms with Crippen LogP contribution in [0.3, 0.4) is 0 Å². The molecule has 1 aliphatic heterocycles. The Morgan fingerprint density at radius 2 is 1.96 bits per heavy atom. The number of thioether (sulfide) groups is 1. The minimum atomic E-state index is -3.69. The van der Waals surface area contributed by atoms with Crippen molar-refractivity contribution < 1.29 is 13.2 Å². The van der Waals surface area contributed by atoms with E-state index in [1.807, 2.05) is 0 Å². The summed E-state index contributed by atoms with van der Waals surface area (Å²) >= 11 is 7.59. The SMILES string of the molecule is CC(C)(C)SCCNC(=O)[C@H]1CCCN1S(=O)(=O)c1ccc(Cl)cc1. The Morgan fingerprint density at radius 3 is 2.56 bits per heavy atom. The molecule has 1 aliphatic rings.